The van der Waals surface area contributed by atoms with Gasteiger partial charge in [0.25, 0.3) is 10.1 Å². The van der Waals surface area contributed by atoms with E-state index >= 15 is 0 Å². The Morgan fingerprint density at radius 3 is 2.55 bits per heavy atom. The number of likely N-dealkylation sites (tertiary alicyclic amines) is 1. The Balaban J connectivity index is 2.35. The molecule has 0 aromatic carbocycles. The quantitative estimate of drug-likeness (QED) is 0.749. The van der Waals surface area contributed by atoms with Gasteiger partial charge in [0, 0.05) is 19.6 Å². The van der Waals surface area contributed by atoms with Crippen molar-refractivity contribution >= 4 is 16.2 Å². The van der Waals surface area contributed by atoms with Crippen LogP contribution in [0.25, 0.3) is 0 Å². The van der Waals surface area contributed by atoms with Crippen molar-refractivity contribution in [2.75, 3.05) is 32.5 Å². The van der Waals surface area contributed by atoms with Crippen LogP contribution in [-0.4, -0.2) is 69.7 Å². The summed E-state index contributed by atoms with van der Waals surface area (Å²) in [7, 11) is -3.48. The van der Waals surface area contributed by atoms with E-state index in [4.69, 9.17) is 4.74 Å². The highest BCUT2D eigenvalue weighted by atomic mass is 32.2. The number of nitrogens with one attached hydrogen (secondary N) is 1. The van der Waals surface area contributed by atoms with Crippen LogP contribution in [0.3, 0.4) is 0 Å². The van der Waals surface area contributed by atoms with Crippen LogP contribution in [0.2, 0.25) is 0 Å². The van der Waals surface area contributed by atoms with Gasteiger partial charge in [0.1, 0.15) is 11.8 Å². The number of alkyl carbamates (subject to hydrolysis) is 1. The molecule has 1 saturated heterocycles. The number of amides is 1. The zero-order chi connectivity index (χ0) is 17.0. The van der Waals surface area contributed by atoms with Gasteiger partial charge in [-0.25, -0.2) is 9.18 Å². The fourth-order valence-corrected chi connectivity index (χ4v) is 2.49. The molecule has 1 heterocycles. The SMILES string of the molecule is CC(C)(C)OC(=O)N[C@H]1CCN(CCOS(C)(=O)=O)C[C@H]1F. The van der Waals surface area contributed by atoms with E-state index < -0.39 is 34.0 Å². The zero-order valence-corrected chi connectivity index (χ0v) is 14.3. The van der Waals surface area contributed by atoms with Gasteiger partial charge < -0.3 is 10.1 Å². The monoisotopic (exact) mass is 340 g/mol. The van der Waals surface area contributed by atoms with Crippen LogP contribution in [0.1, 0.15) is 27.2 Å². The van der Waals surface area contributed by atoms with Crippen LogP contribution >= 0.6 is 0 Å². The number of hydrogen-bond donors (Lipinski definition) is 1. The standard InChI is InChI=1S/C13H25FN2O5S/c1-13(2,3)21-12(17)15-11-5-6-16(9-10(11)14)7-8-20-22(4,18)19/h10-11H,5-9H2,1-4H3,(H,15,17)/t10-,11+/m1/s1. The topological polar surface area (TPSA) is 84.9 Å². The average Bonchev–Trinajstić information content (AvgIpc) is 2.28. The van der Waals surface area contributed by atoms with Crippen molar-refractivity contribution < 1.29 is 26.5 Å². The van der Waals surface area contributed by atoms with Crippen LogP contribution in [0.15, 0.2) is 0 Å². The summed E-state index contributed by atoms with van der Waals surface area (Å²) in [5.74, 6) is 0. The summed E-state index contributed by atoms with van der Waals surface area (Å²) in [6.45, 7) is 6.21. The summed E-state index contributed by atoms with van der Waals surface area (Å²) in [5, 5.41) is 2.54. The van der Waals surface area contributed by atoms with Gasteiger partial charge in [-0.15, -0.1) is 0 Å². The Hall–Kier alpha value is -0.930. The van der Waals surface area contributed by atoms with E-state index in [-0.39, 0.29) is 13.2 Å². The number of alkyl halides is 1. The fourth-order valence-electron chi connectivity index (χ4n) is 2.11. The molecule has 0 bridgehead atoms. The van der Waals surface area contributed by atoms with Gasteiger partial charge in [0.05, 0.1) is 18.9 Å². The largest absolute Gasteiger partial charge is 0.444 e. The minimum absolute atomic E-state index is 0.00425. The maximum absolute atomic E-state index is 14.1. The van der Waals surface area contributed by atoms with Gasteiger partial charge in [0.2, 0.25) is 0 Å². The lowest BCUT2D eigenvalue weighted by molar-refractivity contribution is 0.0386. The van der Waals surface area contributed by atoms with E-state index in [1.165, 1.54) is 0 Å². The first kappa shape index (κ1) is 19.1. The van der Waals surface area contributed by atoms with Crippen molar-refractivity contribution in [3.63, 3.8) is 0 Å². The molecule has 9 heteroatoms. The molecule has 1 aliphatic heterocycles. The molecule has 0 saturated carbocycles. The van der Waals surface area contributed by atoms with Gasteiger partial charge >= 0.3 is 6.09 Å². The summed E-state index contributed by atoms with van der Waals surface area (Å²) in [5.41, 5.74) is -0.625. The molecule has 130 valence electrons. The molecule has 1 N–H and O–H groups in total. The Kier molecular flexibility index (Phi) is 6.57. The summed E-state index contributed by atoms with van der Waals surface area (Å²) in [6.07, 6.45) is -0.463. The summed E-state index contributed by atoms with van der Waals surface area (Å²) in [4.78, 5) is 13.4. The summed E-state index contributed by atoms with van der Waals surface area (Å²) < 4.78 is 45.5. The fraction of sp³-hybridized carbons (Fsp3) is 0.923. The van der Waals surface area contributed by atoms with Crippen LogP contribution in [-0.2, 0) is 19.0 Å². The lowest BCUT2D eigenvalue weighted by atomic mass is 10.0. The third-order valence-electron chi connectivity index (χ3n) is 3.03. The number of carbonyl (C=O) groups is 1. The number of ether oxygens (including phenoxy) is 1. The zero-order valence-electron chi connectivity index (χ0n) is 13.5. The van der Waals surface area contributed by atoms with Crippen LogP contribution in [0.4, 0.5) is 9.18 Å². The predicted octanol–water partition coefficient (Wildman–Crippen LogP) is 0.900. The van der Waals surface area contributed by atoms with Gasteiger partial charge in [0.15, 0.2) is 0 Å². The molecular formula is C13H25FN2O5S. The Labute approximate surface area is 131 Å². The number of halogens is 1. The minimum atomic E-state index is -3.48. The normalized spacial score (nSPS) is 24.0. The third-order valence-corrected chi connectivity index (χ3v) is 3.63. The highest BCUT2D eigenvalue weighted by molar-refractivity contribution is 7.85. The first-order valence-corrected chi connectivity index (χ1v) is 8.98. The number of nitrogens with zero attached hydrogens (tertiary/aromatic N) is 1. The smallest absolute Gasteiger partial charge is 0.407 e. The summed E-state index contributed by atoms with van der Waals surface area (Å²) >= 11 is 0. The number of hydrogen-bond acceptors (Lipinski definition) is 6. The van der Waals surface area contributed by atoms with Crippen molar-refractivity contribution in [1.82, 2.24) is 10.2 Å². The predicted molar refractivity (Wildman–Crippen MR) is 79.9 cm³/mol. The molecule has 7 nitrogen and oxygen atoms in total. The van der Waals surface area contributed by atoms with Crippen LogP contribution in [0, 0.1) is 0 Å². The van der Waals surface area contributed by atoms with Gasteiger partial charge in [-0.3, -0.25) is 9.08 Å². The van der Waals surface area contributed by atoms with Crippen molar-refractivity contribution in [2.45, 2.75) is 45.0 Å². The van der Waals surface area contributed by atoms with E-state index in [9.17, 15) is 17.6 Å². The molecule has 0 aromatic heterocycles. The maximum atomic E-state index is 14.1. The van der Waals surface area contributed by atoms with E-state index in [0.717, 1.165) is 6.26 Å². The minimum Gasteiger partial charge on any atom is -0.444 e. The first-order valence-electron chi connectivity index (χ1n) is 7.16. The highest BCUT2D eigenvalue weighted by Crippen LogP contribution is 2.15. The van der Waals surface area contributed by atoms with Crippen molar-refractivity contribution in [2.24, 2.45) is 0 Å². The highest BCUT2D eigenvalue weighted by Gasteiger charge is 2.31. The second-order valence-corrected chi connectivity index (χ2v) is 8.03. The maximum Gasteiger partial charge on any atom is 0.407 e. The average molecular weight is 340 g/mol. The molecule has 22 heavy (non-hydrogen) atoms. The number of piperidine rings is 1. The summed E-state index contributed by atoms with van der Waals surface area (Å²) in [6, 6.07) is -0.595. The van der Waals surface area contributed by atoms with Crippen LogP contribution in [0.5, 0.6) is 0 Å². The first-order chi connectivity index (χ1) is 9.96. The molecule has 1 rings (SSSR count). The molecule has 1 fully saturated rings. The lowest BCUT2D eigenvalue weighted by Crippen LogP contribution is -2.53. The number of carbonyl (C=O) groups excluding carboxylic acids is 1. The van der Waals surface area contributed by atoms with E-state index in [1.54, 1.807) is 25.7 Å². The third kappa shape index (κ3) is 7.90. The molecule has 1 aliphatic rings. The molecule has 0 radical (unpaired) electrons. The second-order valence-electron chi connectivity index (χ2n) is 6.38. The molecule has 0 aliphatic carbocycles. The second kappa shape index (κ2) is 7.56. The van der Waals surface area contributed by atoms with Gasteiger partial charge in [-0.1, -0.05) is 0 Å². The molecular weight excluding hydrogens is 315 g/mol. The van der Waals surface area contributed by atoms with Gasteiger partial charge in [-0.2, -0.15) is 8.42 Å². The molecule has 0 unspecified atom stereocenters. The van der Waals surface area contributed by atoms with Crippen molar-refractivity contribution in [1.29, 1.82) is 0 Å². The Morgan fingerprint density at radius 1 is 1.41 bits per heavy atom. The van der Waals surface area contributed by atoms with E-state index in [1.807, 2.05) is 0 Å². The van der Waals surface area contributed by atoms with Crippen LogP contribution < -0.4 is 5.32 Å². The molecule has 2 atom stereocenters. The Bertz CT molecular complexity index is 477. The molecule has 1 amide bonds. The van der Waals surface area contributed by atoms with E-state index in [2.05, 4.69) is 9.50 Å². The van der Waals surface area contributed by atoms with Crippen molar-refractivity contribution in [3.05, 3.63) is 0 Å². The molecule has 0 aromatic rings. The van der Waals surface area contributed by atoms with Crippen molar-refractivity contribution in [3.8, 4) is 0 Å². The Morgan fingerprint density at radius 2 is 2.05 bits per heavy atom. The van der Waals surface area contributed by atoms with E-state index in [0.29, 0.717) is 19.5 Å². The van der Waals surface area contributed by atoms with Gasteiger partial charge in [-0.05, 0) is 27.2 Å². The number of rotatable bonds is 5. The lowest BCUT2D eigenvalue weighted by Gasteiger charge is -2.35. The molecule has 0 spiro atoms.